The van der Waals surface area contributed by atoms with Crippen LogP contribution < -0.4 is 4.72 Å². The molecule has 1 aliphatic rings. The van der Waals surface area contributed by atoms with Crippen molar-refractivity contribution in [2.24, 2.45) is 0 Å². The molecule has 0 radical (unpaired) electrons. The van der Waals surface area contributed by atoms with E-state index < -0.39 is 10.2 Å². The molecule has 1 heterocycles. The largest absolute Gasteiger partial charge is 0.379 e. The van der Waals surface area contributed by atoms with Crippen LogP contribution in [0.25, 0.3) is 0 Å². The Morgan fingerprint density at radius 2 is 1.75 bits per heavy atom. The fourth-order valence-corrected chi connectivity index (χ4v) is 3.82. The van der Waals surface area contributed by atoms with Gasteiger partial charge in [-0.1, -0.05) is 20.8 Å². The zero-order chi connectivity index (χ0) is 15.2. The lowest BCUT2D eigenvalue weighted by molar-refractivity contribution is -0.0158. The summed E-state index contributed by atoms with van der Waals surface area (Å²) in [6.45, 7) is 12.5. The number of hydrogen-bond acceptors (Lipinski definition) is 4. The topological polar surface area (TPSA) is 61.9 Å². The van der Waals surface area contributed by atoms with Crippen molar-refractivity contribution in [2.45, 2.75) is 39.7 Å². The van der Waals surface area contributed by atoms with Crippen LogP contribution >= 0.6 is 0 Å². The highest BCUT2D eigenvalue weighted by molar-refractivity contribution is 7.87. The number of ether oxygens (including phenoxy) is 1. The van der Waals surface area contributed by atoms with Gasteiger partial charge in [0.1, 0.15) is 0 Å². The fourth-order valence-electron chi connectivity index (χ4n) is 2.47. The third-order valence-electron chi connectivity index (χ3n) is 4.22. The quantitative estimate of drug-likeness (QED) is 0.716. The molecule has 0 aliphatic carbocycles. The Labute approximate surface area is 123 Å². The van der Waals surface area contributed by atoms with Crippen LogP contribution in [-0.2, 0) is 14.9 Å². The molecule has 1 atom stereocenters. The van der Waals surface area contributed by atoms with Crippen molar-refractivity contribution < 1.29 is 13.2 Å². The van der Waals surface area contributed by atoms with Crippen molar-refractivity contribution >= 4 is 10.2 Å². The average molecular weight is 307 g/mol. The summed E-state index contributed by atoms with van der Waals surface area (Å²) in [5.74, 6) is 0. The smallest absolute Gasteiger partial charge is 0.279 e. The van der Waals surface area contributed by atoms with Gasteiger partial charge in [0.15, 0.2) is 0 Å². The van der Waals surface area contributed by atoms with Crippen molar-refractivity contribution in [3.05, 3.63) is 0 Å². The summed E-state index contributed by atoms with van der Waals surface area (Å²) >= 11 is 0. The Kier molecular flexibility index (Phi) is 6.87. The van der Waals surface area contributed by atoms with Crippen molar-refractivity contribution in [3.63, 3.8) is 0 Å². The minimum absolute atomic E-state index is 0.163. The second kappa shape index (κ2) is 7.70. The van der Waals surface area contributed by atoms with Crippen LogP contribution in [0.3, 0.4) is 0 Å². The van der Waals surface area contributed by atoms with Gasteiger partial charge in [-0.3, -0.25) is 4.90 Å². The molecule has 0 bridgehead atoms. The molecular weight excluding hydrogens is 278 g/mol. The van der Waals surface area contributed by atoms with Gasteiger partial charge in [-0.05, 0) is 13.3 Å². The highest BCUT2D eigenvalue weighted by Crippen LogP contribution is 2.20. The summed E-state index contributed by atoms with van der Waals surface area (Å²) in [5.41, 5.74) is -0.163. The SMILES string of the molecule is CCN(CC)S(=O)(=O)NC[C@](C)(CC)N1CCOCC1. The van der Waals surface area contributed by atoms with Gasteiger partial charge in [-0.15, -0.1) is 0 Å². The van der Waals surface area contributed by atoms with E-state index in [4.69, 9.17) is 4.74 Å². The highest BCUT2D eigenvalue weighted by atomic mass is 32.2. The van der Waals surface area contributed by atoms with Crippen LogP contribution in [0.15, 0.2) is 0 Å². The second-order valence-corrected chi connectivity index (χ2v) is 7.12. The Hall–Kier alpha value is -0.210. The van der Waals surface area contributed by atoms with Gasteiger partial charge >= 0.3 is 0 Å². The van der Waals surface area contributed by atoms with Crippen LogP contribution in [-0.4, -0.2) is 69.1 Å². The molecule has 120 valence electrons. The Morgan fingerprint density at radius 1 is 1.20 bits per heavy atom. The zero-order valence-corrected chi connectivity index (χ0v) is 14.0. The summed E-state index contributed by atoms with van der Waals surface area (Å²) in [7, 11) is -3.38. The number of nitrogens with one attached hydrogen (secondary N) is 1. The molecule has 6 nitrogen and oxygen atoms in total. The first-order valence-corrected chi connectivity index (χ1v) is 8.91. The molecule has 1 N–H and O–H groups in total. The fraction of sp³-hybridized carbons (Fsp3) is 1.00. The zero-order valence-electron chi connectivity index (χ0n) is 13.2. The average Bonchev–Trinajstić information content (AvgIpc) is 2.47. The number of nitrogens with zero attached hydrogens (tertiary/aromatic N) is 2. The summed E-state index contributed by atoms with van der Waals surface area (Å²) in [6.07, 6.45) is 0.897. The number of hydrogen-bond donors (Lipinski definition) is 1. The number of morpholine rings is 1. The minimum Gasteiger partial charge on any atom is -0.379 e. The van der Waals surface area contributed by atoms with Crippen LogP contribution in [0.4, 0.5) is 0 Å². The standard InChI is InChI=1S/C13H29N3O3S/c1-5-13(4,15-8-10-19-11-9-15)12-14-20(17,18)16(6-2)7-3/h14H,5-12H2,1-4H3/t13-/m0/s1. The molecule has 20 heavy (non-hydrogen) atoms. The van der Waals surface area contributed by atoms with Crippen molar-refractivity contribution in [3.8, 4) is 0 Å². The molecule has 0 unspecified atom stereocenters. The lowest BCUT2D eigenvalue weighted by atomic mass is 9.96. The summed E-state index contributed by atoms with van der Waals surface area (Å²) < 4.78 is 34.0. The predicted molar refractivity (Wildman–Crippen MR) is 80.9 cm³/mol. The lowest BCUT2D eigenvalue weighted by Crippen LogP contribution is -2.58. The van der Waals surface area contributed by atoms with Crippen molar-refractivity contribution in [2.75, 3.05) is 45.9 Å². The Morgan fingerprint density at radius 3 is 2.20 bits per heavy atom. The maximum atomic E-state index is 12.2. The normalized spacial score (nSPS) is 21.1. The van der Waals surface area contributed by atoms with E-state index in [1.807, 2.05) is 13.8 Å². The molecule has 1 fully saturated rings. The molecule has 0 aromatic heterocycles. The molecule has 0 aromatic rings. The first-order chi connectivity index (χ1) is 9.39. The second-order valence-electron chi connectivity index (χ2n) is 5.36. The highest BCUT2D eigenvalue weighted by Gasteiger charge is 2.33. The molecule has 0 amide bonds. The van der Waals surface area contributed by atoms with E-state index in [1.54, 1.807) is 0 Å². The monoisotopic (exact) mass is 307 g/mol. The maximum Gasteiger partial charge on any atom is 0.279 e. The molecule has 1 aliphatic heterocycles. The Balaban J connectivity index is 2.68. The van der Waals surface area contributed by atoms with Crippen LogP contribution in [0, 0.1) is 0 Å². The predicted octanol–water partition coefficient (Wildman–Crippen LogP) is 0.664. The van der Waals surface area contributed by atoms with Gasteiger partial charge in [-0.25, -0.2) is 4.72 Å². The minimum atomic E-state index is -3.38. The molecule has 0 aromatic carbocycles. The third-order valence-corrected chi connectivity index (χ3v) is 5.92. The van der Waals surface area contributed by atoms with Crippen molar-refractivity contribution in [1.29, 1.82) is 0 Å². The van der Waals surface area contributed by atoms with Gasteiger partial charge in [0.25, 0.3) is 10.2 Å². The lowest BCUT2D eigenvalue weighted by Gasteiger charge is -2.43. The summed E-state index contributed by atoms with van der Waals surface area (Å²) in [6, 6.07) is 0. The third kappa shape index (κ3) is 4.39. The van der Waals surface area contributed by atoms with E-state index in [0.717, 1.165) is 32.7 Å². The van der Waals surface area contributed by atoms with Crippen LogP contribution in [0.5, 0.6) is 0 Å². The molecule has 1 rings (SSSR count). The number of rotatable bonds is 8. The molecule has 0 spiro atoms. The molecule has 7 heteroatoms. The van der Waals surface area contributed by atoms with Gasteiger partial charge in [0.05, 0.1) is 13.2 Å². The van der Waals surface area contributed by atoms with Crippen LogP contribution in [0.1, 0.15) is 34.1 Å². The molecular formula is C13H29N3O3S. The molecule has 0 saturated carbocycles. The van der Waals surface area contributed by atoms with E-state index in [1.165, 1.54) is 4.31 Å². The first-order valence-electron chi connectivity index (χ1n) is 7.47. The van der Waals surface area contributed by atoms with Gasteiger partial charge in [0.2, 0.25) is 0 Å². The maximum absolute atomic E-state index is 12.2. The van der Waals surface area contributed by atoms with Gasteiger partial charge in [-0.2, -0.15) is 12.7 Å². The molecule has 1 saturated heterocycles. The van der Waals surface area contributed by atoms with Gasteiger partial charge < -0.3 is 4.74 Å². The van der Waals surface area contributed by atoms with E-state index in [-0.39, 0.29) is 5.54 Å². The van der Waals surface area contributed by atoms with Crippen molar-refractivity contribution in [1.82, 2.24) is 13.9 Å². The summed E-state index contributed by atoms with van der Waals surface area (Å²) in [5, 5.41) is 0. The Bertz CT molecular complexity index is 378. The van der Waals surface area contributed by atoms with Gasteiger partial charge in [0, 0.05) is 38.3 Å². The van der Waals surface area contributed by atoms with E-state index in [9.17, 15) is 8.42 Å². The van der Waals surface area contributed by atoms with E-state index >= 15 is 0 Å². The van der Waals surface area contributed by atoms with E-state index in [2.05, 4.69) is 23.5 Å². The summed E-state index contributed by atoms with van der Waals surface area (Å²) in [4.78, 5) is 2.32. The van der Waals surface area contributed by atoms with Crippen LogP contribution in [0.2, 0.25) is 0 Å². The first kappa shape index (κ1) is 17.8. The van der Waals surface area contributed by atoms with E-state index in [0.29, 0.717) is 19.6 Å².